The summed E-state index contributed by atoms with van der Waals surface area (Å²) in [4.78, 5) is 9.80. The molecule has 0 amide bonds. The zero-order valence-corrected chi connectivity index (χ0v) is 31.0. The summed E-state index contributed by atoms with van der Waals surface area (Å²) in [6.07, 6.45) is 21.5. The molecule has 1 rings (SSSR count). The lowest BCUT2D eigenvalue weighted by Crippen LogP contribution is -2.49. The lowest BCUT2D eigenvalue weighted by molar-refractivity contribution is 0.154. The van der Waals surface area contributed by atoms with Crippen LogP contribution in [0.15, 0.2) is 22.1 Å². The van der Waals surface area contributed by atoms with Crippen molar-refractivity contribution in [2.24, 2.45) is 15.9 Å². The van der Waals surface area contributed by atoms with Crippen LogP contribution in [-0.2, 0) is 13.9 Å². The van der Waals surface area contributed by atoms with Crippen LogP contribution in [0.3, 0.4) is 0 Å². The van der Waals surface area contributed by atoms with Gasteiger partial charge in [0.25, 0.3) is 0 Å². The van der Waals surface area contributed by atoms with Crippen molar-refractivity contribution in [2.45, 2.75) is 181 Å². The third kappa shape index (κ3) is 14.2. The fourth-order valence-corrected chi connectivity index (χ4v) is 6.79. The van der Waals surface area contributed by atoms with Crippen LogP contribution in [0.2, 0.25) is 18.1 Å². The average molecular weight is 623 g/mol. The highest BCUT2D eigenvalue weighted by Gasteiger charge is 2.43. The first-order chi connectivity index (χ1) is 20.4. The van der Waals surface area contributed by atoms with Crippen LogP contribution in [0.5, 0.6) is 0 Å². The van der Waals surface area contributed by atoms with Crippen molar-refractivity contribution in [2.75, 3.05) is 19.8 Å². The average Bonchev–Trinajstić information content (AvgIpc) is 2.94. The topological polar surface area (TPSA) is 72.6 Å². The minimum atomic E-state index is -1.73. The van der Waals surface area contributed by atoms with Gasteiger partial charge < -0.3 is 19.0 Å². The molecule has 0 aromatic heterocycles. The Kier molecular flexibility index (Phi) is 19.2. The van der Waals surface area contributed by atoms with E-state index in [9.17, 15) is 5.11 Å². The Morgan fingerprint density at radius 3 is 1.98 bits per heavy atom. The maximum Gasteiger partial charge on any atom is 0.215 e. The molecule has 0 fully saturated rings. The fraction of sp³-hybridized carbons (Fsp3) is 0.889. The van der Waals surface area contributed by atoms with Crippen LogP contribution in [0.1, 0.15) is 145 Å². The largest absolute Gasteiger partial charge is 0.480 e. The molecule has 0 bridgehead atoms. The Morgan fingerprint density at radius 2 is 1.44 bits per heavy atom. The highest BCUT2D eigenvalue weighted by atomic mass is 28.4. The second kappa shape index (κ2) is 20.8. The van der Waals surface area contributed by atoms with Gasteiger partial charge in [-0.05, 0) is 82.8 Å². The summed E-state index contributed by atoms with van der Waals surface area (Å²) in [5, 5.41) is 10.7. The van der Waals surface area contributed by atoms with Gasteiger partial charge in [-0.3, -0.25) is 0 Å². The molecule has 252 valence electrons. The van der Waals surface area contributed by atoms with E-state index in [2.05, 4.69) is 66.8 Å². The Bertz CT molecular complexity index is 834. The van der Waals surface area contributed by atoms with Gasteiger partial charge in [-0.15, -0.1) is 0 Å². The second-order valence-corrected chi connectivity index (χ2v) is 19.1. The number of hydrogen-bond donors (Lipinski definition) is 1. The van der Waals surface area contributed by atoms with Gasteiger partial charge in [0.1, 0.15) is 6.04 Å². The number of nitrogens with zero attached hydrogens (tertiary/aromatic N) is 2. The van der Waals surface area contributed by atoms with Crippen LogP contribution in [0.4, 0.5) is 0 Å². The van der Waals surface area contributed by atoms with Crippen LogP contribution >= 0.6 is 0 Å². The molecule has 43 heavy (non-hydrogen) atoms. The summed E-state index contributed by atoms with van der Waals surface area (Å²) in [6, 6.07) is -0.164. The smallest absolute Gasteiger partial charge is 0.215 e. The molecule has 7 heteroatoms. The predicted molar refractivity (Wildman–Crippen MR) is 188 cm³/mol. The molecule has 6 nitrogen and oxygen atoms in total. The van der Waals surface area contributed by atoms with Gasteiger partial charge in [0, 0.05) is 6.10 Å². The van der Waals surface area contributed by atoms with Gasteiger partial charge in [0.2, 0.25) is 11.8 Å². The first-order valence-electron chi connectivity index (χ1n) is 17.7. The van der Waals surface area contributed by atoms with Gasteiger partial charge >= 0.3 is 0 Å². The molecule has 1 aliphatic heterocycles. The van der Waals surface area contributed by atoms with Crippen molar-refractivity contribution in [1.82, 2.24) is 0 Å². The second-order valence-electron chi connectivity index (χ2n) is 14.3. The van der Waals surface area contributed by atoms with Gasteiger partial charge in [-0.1, -0.05) is 98.6 Å². The Labute approximate surface area is 267 Å². The Balaban J connectivity index is 2.48. The number of unbranched alkanes of at least 4 members (excludes halogenated alkanes) is 8. The van der Waals surface area contributed by atoms with Crippen molar-refractivity contribution in [3.8, 4) is 0 Å². The minimum absolute atomic E-state index is 0.128. The summed E-state index contributed by atoms with van der Waals surface area (Å²) >= 11 is 0. The van der Waals surface area contributed by atoms with Crippen molar-refractivity contribution >= 4 is 20.1 Å². The lowest BCUT2D eigenvalue weighted by Gasteiger charge is -2.39. The van der Waals surface area contributed by atoms with Crippen LogP contribution in [0.25, 0.3) is 0 Å². The van der Waals surface area contributed by atoms with Gasteiger partial charge in [-0.25, -0.2) is 9.98 Å². The fourth-order valence-electron chi connectivity index (χ4n) is 5.37. The third-order valence-electron chi connectivity index (χ3n) is 9.12. The number of aliphatic hydroxyl groups is 1. The van der Waals surface area contributed by atoms with E-state index in [4.69, 9.17) is 23.9 Å². The molecule has 0 saturated heterocycles. The quantitative estimate of drug-likeness (QED) is 0.0741. The SMILES string of the molecule is CCCCCCC(CCCCCC/C=C/CCCC1(CO)N=C(OCC)C(C(C)C)N=C1OCC)O[Si](C)(C)C(C)(C)C. The van der Waals surface area contributed by atoms with E-state index in [0.29, 0.717) is 37.5 Å². The molecule has 1 aliphatic rings. The van der Waals surface area contributed by atoms with Crippen molar-refractivity contribution in [3.05, 3.63) is 12.2 Å². The van der Waals surface area contributed by atoms with Crippen molar-refractivity contribution in [3.63, 3.8) is 0 Å². The zero-order valence-electron chi connectivity index (χ0n) is 30.0. The first kappa shape index (κ1) is 39.8. The molecule has 1 N–H and O–H groups in total. The standard InChI is InChI=1S/C36H70N2O4Si/c1-11-14-15-23-26-31(42-43(9,10)35(6,7)8)27-24-21-19-17-16-18-20-22-25-28-36(29-39)34(41-13-3)37-32(30(4)5)33(38-36)40-12-2/h18,20,30-32,39H,11-17,19,21-29H2,1-10H3/b20-18+. The summed E-state index contributed by atoms with van der Waals surface area (Å²) in [5.41, 5.74) is -0.845. The summed E-state index contributed by atoms with van der Waals surface area (Å²) in [5.74, 6) is 1.43. The molecule has 3 unspecified atom stereocenters. The van der Waals surface area contributed by atoms with E-state index in [-0.39, 0.29) is 23.6 Å². The normalized spacial score (nSPS) is 20.4. The summed E-state index contributed by atoms with van der Waals surface area (Å²) in [7, 11) is -1.73. The minimum Gasteiger partial charge on any atom is -0.480 e. The molecule has 0 aliphatic carbocycles. The van der Waals surface area contributed by atoms with Crippen molar-refractivity contribution < 1.29 is 19.0 Å². The number of rotatable bonds is 22. The molecular weight excluding hydrogens is 552 g/mol. The zero-order chi connectivity index (χ0) is 32.4. The highest BCUT2D eigenvalue weighted by molar-refractivity contribution is 6.74. The van der Waals surface area contributed by atoms with E-state index in [0.717, 1.165) is 19.3 Å². The highest BCUT2D eigenvalue weighted by Crippen LogP contribution is 2.38. The van der Waals surface area contributed by atoms with E-state index in [1.165, 1.54) is 64.2 Å². The summed E-state index contributed by atoms with van der Waals surface area (Å²) < 4.78 is 18.7. The molecule has 0 aromatic rings. The van der Waals surface area contributed by atoms with E-state index in [1.54, 1.807) is 0 Å². The van der Waals surface area contributed by atoms with Gasteiger partial charge in [0.05, 0.1) is 19.8 Å². The molecule has 1 heterocycles. The number of aliphatic hydroxyl groups excluding tert-OH is 1. The van der Waals surface area contributed by atoms with E-state index in [1.807, 2.05) is 13.8 Å². The maximum absolute atomic E-state index is 10.4. The van der Waals surface area contributed by atoms with Crippen LogP contribution < -0.4 is 0 Å². The molecule has 0 aromatic carbocycles. The molecule has 0 radical (unpaired) electrons. The van der Waals surface area contributed by atoms with Crippen LogP contribution in [0, 0.1) is 5.92 Å². The van der Waals surface area contributed by atoms with Gasteiger partial charge in [0.15, 0.2) is 13.9 Å². The Morgan fingerprint density at radius 1 is 0.860 bits per heavy atom. The van der Waals surface area contributed by atoms with E-state index >= 15 is 0 Å². The lowest BCUT2D eigenvalue weighted by atomic mass is 9.90. The van der Waals surface area contributed by atoms with Gasteiger partial charge in [-0.2, -0.15) is 0 Å². The number of aliphatic imine (C=N–C) groups is 2. The van der Waals surface area contributed by atoms with E-state index < -0.39 is 13.9 Å². The monoisotopic (exact) mass is 623 g/mol. The number of allylic oxidation sites excluding steroid dienone is 2. The van der Waals surface area contributed by atoms with Crippen molar-refractivity contribution in [1.29, 1.82) is 0 Å². The predicted octanol–water partition coefficient (Wildman–Crippen LogP) is 10.1. The third-order valence-corrected chi connectivity index (χ3v) is 13.7. The molecule has 0 spiro atoms. The maximum atomic E-state index is 10.4. The summed E-state index contributed by atoms with van der Waals surface area (Å²) in [6.45, 7) is 23.2. The Hall–Kier alpha value is -1.18. The number of hydrogen-bond acceptors (Lipinski definition) is 6. The van der Waals surface area contributed by atoms with Crippen LogP contribution in [-0.4, -0.2) is 62.7 Å². The molecular formula is C36H70N2O4Si. The number of ether oxygens (including phenoxy) is 2. The molecule has 0 saturated carbocycles. The molecule has 3 atom stereocenters. The first-order valence-corrected chi connectivity index (χ1v) is 20.7.